The minimum absolute atomic E-state index is 0.0328. The van der Waals surface area contributed by atoms with Crippen molar-refractivity contribution < 1.29 is 9.59 Å². The largest absolute Gasteiger partial charge is 0.369 e. The van der Waals surface area contributed by atoms with E-state index in [1.807, 2.05) is 18.2 Å². The van der Waals surface area contributed by atoms with Crippen molar-refractivity contribution >= 4 is 34.5 Å². The normalized spacial score (nSPS) is 14.1. The summed E-state index contributed by atoms with van der Waals surface area (Å²) in [5, 5.41) is 4.03. The molecule has 1 aliphatic carbocycles. The molecule has 7 nitrogen and oxygen atoms in total. The van der Waals surface area contributed by atoms with Crippen molar-refractivity contribution in [3.63, 3.8) is 0 Å². The summed E-state index contributed by atoms with van der Waals surface area (Å²) in [6, 6.07) is 14.6. The Labute approximate surface area is 184 Å². The minimum atomic E-state index is -0.475. The Kier molecular flexibility index (Phi) is 6.36. The monoisotopic (exact) mass is 436 g/mol. The Morgan fingerprint density at radius 1 is 1.10 bits per heavy atom. The summed E-state index contributed by atoms with van der Waals surface area (Å²) in [5.74, 6) is -0.511. The molecule has 1 fully saturated rings. The van der Waals surface area contributed by atoms with Gasteiger partial charge < -0.3 is 11.1 Å². The van der Waals surface area contributed by atoms with Gasteiger partial charge >= 0.3 is 0 Å². The SMILES string of the molecule is NC(=O)CSc1nc2ccccc2c(=O)n1Cc1ccc(C(=O)NC2CCCC2)cc1. The van der Waals surface area contributed by atoms with Crippen molar-refractivity contribution in [1.29, 1.82) is 0 Å². The first kappa shape index (κ1) is 21.1. The highest BCUT2D eigenvalue weighted by molar-refractivity contribution is 7.99. The van der Waals surface area contributed by atoms with Gasteiger partial charge in [0.2, 0.25) is 5.91 Å². The zero-order valence-electron chi connectivity index (χ0n) is 17.0. The lowest BCUT2D eigenvalue weighted by molar-refractivity contribution is -0.115. The van der Waals surface area contributed by atoms with Crippen LogP contribution >= 0.6 is 11.8 Å². The molecule has 0 unspecified atom stereocenters. The number of amides is 2. The van der Waals surface area contributed by atoms with Crippen LogP contribution in [0.5, 0.6) is 0 Å². The van der Waals surface area contributed by atoms with Crippen LogP contribution in [0, 0.1) is 0 Å². The number of rotatable bonds is 7. The second-order valence-corrected chi connectivity index (χ2v) is 8.65. The van der Waals surface area contributed by atoms with Crippen molar-refractivity contribution in [3.8, 4) is 0 Å². The van der Waals surface area contributed by atoms with Gasteiger partial charge in [-0.25, -0.2) is 4.98 Å². The predicted octanol–water partition coefficient (Wildman–Crippen LogP) is 2.69. The van der Waals surface area contributed by atoms with E-state index in [0.717, 1.165) is 43.0 Å². The molecule has 2 aromatic carbocycles. The number of nitrogens with one attached hydrogen (secondary N) is 1. The first-order valence-electron chi connectivity index (χ1n) is 10.3. The maximum Gasteiger partial charge on any atom is 0.262 e. The second-order valence-electron chi connectivity index (χ2n) is 7.71. The van der Waals surface area contributed by atoms with E-state index in [2.05, 4.69) is 10.3 Å². The van der Waals surface area contributed by atoms with Crippen LogP contribution in [0.4, 0.5) is 0 Å². The van der Waals surface area contributed by atoms with Crippen LogP contribution in [0.3, 0.4) is 0 Å². The van der Waals surface area contributed by atoms with E-state index < -0.39 is 5.91 Å². The number of carbonyl (C=O) groups excluding carboxylic acids is 2. The quantitative estimate of drug-likeness (QED) is 0.437. The summed E-state index contributed by atoms with van der Waals surface area (Å²) in [4.78, 5) is 41.4. The number of hydrogen-bond acceptors (Lipinski definition) is 5. The van der Waals surface area contributed by atoms with Gasteiger partial charge in [-0.15, -0.1) is 0 Å². The smallest absolute Gasteiger partial charge is 0.262 e. The predicted molar refractivity (Wildman–Crippen MR) is 121 cm³/mol. The topological polar surface area (TPSA) is 107 Å². The lowest BCUT2D eigenvalue weighted by atomic mass is 10.1. The Balaban J connectivity index is 1.58. The molecule has 160 valence electrons. The molecule has 2 amide bonds. The van der Waals surface area contributed by atoms with Gasteiger partial charge in [-0.3, -0.25) is 19.0 Å². The summed E-state index contributed by atoms with van der Waals surface area (Å²) in [7, 11) is 0. The first-order chi connectivity index (χ1) is 15.0. The van der Waals surface area contributed by atoms with Crippen LogP contribution in [-0.2, 0) is 11.3 Å². The van der Waals surface area contributed by atoms with E-state index in [0.29, 0.717) is 21.6 Å². The lowest BCUT2D eigenvalue weighted by Crippen LogP contribution is -2.32. The Hall–Kier alpha value is -3.13. The van der Waals surface area contributed by atoms with E-state index in [1.165, 1.54) is 0 Å². The van der Waals surface area contributed by atoms with Crippen LogP contribution in [0.1, 0.15) is 41.6 Å². The number of hydrogen-bond donors (Lipinski definition) is 2. The fraction of sp³-hybridized carbons (Fsp3) is 0.304. The van der Waals surface area contributed by atoms with Crippen LogP contribution < -0.4 is 16.6 Å². The van der Waals surface area contributed by atoms with Gasteiger partial charge in [-0.1, -0.05) is 48.9 Å². The van der Waals surface area contributed by atoms with Gasteiger partial charge in [0, 0.05) is 11.6 Å². The highest BCUT2D eigenvalue weighted by atomic mass is 32.2. The number of thioether (sulfide) groups is 1. The molecule has 1 saturated carbocycles. The molecule has 0 spiro atoms. The number of nitrogens with two attached hydrogens (primary N) is 1. The third-order valence-corrected chi connectivity index (χ3v) is 6.42. The summed E-state index contributed by atoms with van der Waals surface area (Å²) in [6.07, 6.45) is 4.39. The number of para-hydroxylation sites is 1. The molecule has 4 rings (SSSR count). The maximum absolute atomic E-state index is 13.1. The molecule has 3 aromatic rings. The van der Waals surface area contributed by atoms with Gasteiger partial charge in [0.05, 0.1) is 23.2 Å². The Bertz CT molecular complexity index is 1170. The van der Waals surface area contributed by atoms with Gasteiger partial charge in [-0.2, -0.15) is 0 Å². The third-order valence-electron chi connectivity index (χ3n) is 5.42. The first-order valence-corrected chi connectivity index (χ1v) is 11.3. The van der Waals surface area contributed by atoms with Crippen molar-refractivity contribution in [2.75, 3.05) is 5.75 Å². The molecule has 8 heteroatoms. The molecule has 1 aliphatic rings. The average Bonchev–Trinajstić information content (AvgIpc) is 3.28. The molecule has 0 radical (unpaired) electrons. The number of nitrogens with zero attached hydrogens (tertiary/aromatic N) is 2. The molecular formula is C23H24N4O3S. The van der Waals surface area contributed by atoms with E-state index in [4.69, 9.17) is 5.73 Å². The van der Waals surface area contributed by atoms with Gasteiger partial charge in [0.1, 0.15) is 0 Å². The van der Waals surface area contributed by atoms with E-state index in [1.54, 1.807) is 34.9 Å². The zero-order valence-corrected chi connectivity index (χ0v) is 17.9. The maximum atomic E-state index is 13.1. The summed E-state index contributed by atoms with van der Waals surface area (Å²) < 4.78 is 1.55. The fourth-order valence-corrected chi connectivity index (χ4v) is 4.55. The number of benzene rings is 2. The van der Waals surface area contributed by atoms with E-state index in [-0.39, 0.29) is 29.8 Å². The second kappa shape index (κ2) is 9.34. The molecule has 3 N–H and O–H groups in total. The minimum Gasteiger partial charge on any atom is -0.369 e. The van der Waals surface area contributed by atoms with Gasteiger partial charge in [-0.05, 0) is 42.7 Å². The van der Waals surface area contributed by atoms with Gasteiger partial charge in [0.25, 0.3) is 11.5 Å². The summed E-state index contributed by atoms with van der Waals surface area (Å²) in [6.45, 7) is 0.280. The highest BCUT2D eigenvalue weighted by Crippen LogP contribution is 2.20. The fourth-order valence-electron chi connectivity index (χ4n) is 3.82. The number of primary amides is 1. The molecule has 0 saturated heterocycles. The Morgan fingerprint density at radius 2 is 1.81 bits per heavy atom. The van der Waals surface area contributed by atoms with Crippen LogP contribution in [0.15, 0.2) is 58.5 Å². The van der Waals surface area contributed by atoms with Crippen molar-refractivity contribution in [2.45, 2.75) is 43.4 Å². The van der Waals surface area contributed by atoms with Crippen molar-refractivity contribution in [3.05, 3.63) is 70.0 Å². The lowest BCUT2D eigenvalue weighted by Gasteiger charge is -2.14. The summed E-state index contributed by atoms with van der Waals surface area (Å²) in [5.41, 5.74) is 7.14. The molecule has 31 heavy (non-hydrogen) atoms. The van der Waals surface area contributed by atoms with Crippen LogP contribution in [0.2, 0.25) is 0 Å². The molecule has 1 aromatic heterocycles. The Morgan fingerprint density at radius 3 is 2.52 bits per heavy atom. The third kappa shape index (κ3) is 4.96. The molecule has 0 aliphatic heterocycles. The molecular weight excluding hydrogens is 412 g/mol. The van der Waals surface area contributed by atoms with Crippen molar-refractivity contribution in [1.82, 2.24) is 14.9 Å². The number of aromatic nitrogens is 2. The zero-order chi connectivity index (χ0) is 21.8. The highest BCUT2D eigenvalue weighted by Gasteiger charge is 2.18. The van der Waals surface area contributed by atoms with Crippen LogP contribution in [-0.4, -0.2) is 33.2 Å². The summed E-state index contributed by atoms with van der Waals surface area (Å²) >= 11 is 1.14. The van der Waals surface area contributed by atoms with Crippen LogP contribution in [0.25, 0.3) is 10.9 Å². The molecule has 0 bridgehead atoms. The van der Waals surface area contributed by atoms with Gasteiger partial charge in [0.15, 0.2) is 5.16 Å². The number of carbonyl (C=O) groups is 2. The van der Waals surface area contributed by atoms with Crippen molar-refractivity contribution in [2.24, 2.45) is 5.73 Å². The van der Waals surface area contributed by atoms with E-state index in [9.17, 15) is 14.4 Å². The average molecular weight is 437 g/mol. The number of fused-ring (bicyclic) bond motifs is 1. The van der Waals surface area contributed by atoms with E-state index >= 15 is 0 Å². The molecule has 0 atom stereocenters. The molecule has 1 heterocycles. The standard InChI is InChI=1S/C23H24N4O3S/c24-20(28)14-31-23-26-19-8-4-3-7-18(19)22(30)27(23)13-15-9-11-16(12-10-15)21(29)25-17-5-1-2-6-17/h3-4,7-12,17H,1-2,5-6,13-14H2,(H2,24,28)(H,25,29).